The highest BCUT2D eigenvalue weighted by molar-refractivity contribution is 7.84. The molecular formula is C26H49NO3S. The second-order valence-corrected chi connectivity index (χ2v) is 11.0. The minimum Gasteiger partial charge on any atom is -0.748 e. The fourth-order valence-electron chi connectivity index (χ4n) is 3.89. The van der Waals surface area contributed by atoms with Gasteiger partial charge in [-0.25, -0.2) is 8.42 Å². The molecule has 0 aliphatic heterocycles. The summed E-state index contributed by atoms with van der Waals surface area (Å²) in [6, 6.07) is 10.9. The van der Waals surface area contributed by atoms with Crippen LogP contribution < -0.4 is 0 Å². The Morgan fingerprint density at radius 2 is 1.06 bits per heavy atom. The topological polar surface area (TPSA) is 57.2 Å². The van der Waals surface area contributed by atoms with Crippen molar-refractivity contribution in [2.24, 2.45) is 0 Å². The standard InChI is InChI=1S/C25H46N.CH4O3S/c1-4-5-6-7-8-9-10-11-12-13-14-15-16-20-23-26(2,3)24-25-21-18-17-19-22-25;1-5(2,3)4/h17-19,21-22H,4-16,20,23-24H2,1-3H3;1H3,(H,2,3,4)/q+1;/p-1. The molecule has 0 aliphatic rings. The average molecular weight is 456 g/mol. The first-order chi connectivity index (χ1) is 14.6. The molecule has 0 fully saturated rings. The summed E-state index contributed by atoms with van der Waals surface area (Å²) >= 11 is 0. The summed E-state index contributed by atoms with van der Waals surface area (Å²) < 4.78 is 28.3. The second kappa shape index (κ2) is 18.6. The van der Waals surface area contributed by atoms with E-state index in [4.69, 9.17) is 13.0 Å². The van der Waals surface area contributed by atoms with Crippen molar-refractivity contribution in [3.63, 3.8) is 0 Å². The van der Waals surface area contributed by atoms with Gasteiger partial charge in [0.25, 0.3) is 0 Å². The lowest BCUT2D eigenvalue weighted by Gasteiger charge is -2.30. The number of quaternary nitrogens is 1. The Bertz CT molecular complexity index is 607. The van der Waals surface area contributed by atoms with Crippen molar-refractivity contribution in [1.82, 2.24) is 0 Å². The predicted molar refractivity (Wildman–Crippen MR) is 133 cm³/mol. The maximum atomic E-state index is 9.08. The minimum atomic E-state index is -3.92. The van der Waals surface area contributed by atoms with E-state index < -0.39 is 10.1 Å². The van der Waals surface area contributed by atoms with Gasteiger partial charge in [0.05, 0.1) is 30.8 Å². The molecule has 1 aromatic carbocycles. The zero-order chi connectivity index (χ0) is 23.4. The zero-order valence-corrected chi connectivity index (χ0v) is 21.6. The summed E-state index contributed by atoms with van der Waals surface area (Å²) in [6.45, 7) is 4.75. The van der Waals surface area contributed by atoms with Crippen LogP contribution in [0.2, 0.25) is 0 Å². The van der Waals surface area contributed by atoms with Crippen LogP contribution in [0, 0.1) is 0 Å². The van der Waals surface area contributed by atoms with E-state index in [-0.39, 0.29) is 0 Å². The van der Waals surface area contributed by atoms with Gasteiger partial charge < -0.3 is 9.04 Å². The summed E-state index contributed by atoms with van der Waals surface area (Å²) in [5, 5.41) is 0. The van der Waals surface area contributed by atoms with Crippen LogP contribution in [0.15, 0.2) is 30.3 Å². The van der Waals surface area contributed by atoms with E-state index in [9.17, 15) is 0 Å². The molecule has 0 aliphatic carbocycles. The van der Waals surface area contributed by atoms with Crippen molar-refractivity contribution in [1.29, 1.82) is 0 Å². The lowest BCUT2D eigenvalue weighted by Crippen LogP contribution is -2.39. The molecule has 4 nitrogen and oxygen atoms in total. The molecular weight excluding hydrogens is 406 g/mol. The quantitative estimate of drug-likeness (QED) is 0.146. The van der Waals surface area contributed by atoms with Crippen LogP contribution >= 0.6 is 0 Å². The molecule has 1 aromatic rings. The number of rotatable bonds is 17. The van der Waals surface area contributed by atoms with E-state index in [2.05, 4.69) is 51.4 Å². The maximum Gasteiger partial charge on any atom is 0.104 e. The van der Waals surface area contributed by atoms with Crippen LogP contribution in [0.1, 0.15) is 102 Å². The SMILES string of the molecule is CCCCCCCCCCCCCCCC[N+](C)(C)Cc1ccccc1.CS(=O)(=O)[O-]. The lowest BCUT2D eigenvalue weighted by molar-refractivity contribution is -0.903. The third kappa shape index (κ3) is 25.2. The number of hydrogen-bond donors (Lipinski definition) is 0. The highest BCUT2D eigenvalue weighted by atomic mass is 32.2. The molecule has 0 saturated carbocycles. The Kier molecular flexibility index (Phi) is 18.1. The molecule has 0 heterocycles. The Hall–Kier alpha value is -0.910. The van der Waals surface area contributed by atoms with E-state index in [1.165, 1.54) is 102 Å². The summed E-state index contributed by atoms with van der Waals surface area (Å²) in [4.78, 5) is 0. The summed E-state index contributed by atoms with van der Waals surface area (Å²) in [6.07, 6.45) is 20.8. The maximum absolute atomic E-state index is 9.08. The lowest BCUT2D eigenvalue weighted by atomic mass is 10.0. The molecule has 0 radical (unpaired) electrons. The third-order valence-electron chi connectivity index (χ3n) is 5.57. The second-order valence-electron chi connectivity index (χ2n) is 9.60. The van der Waals surface area contributed by atoms with Crippen molar-refractivity contribution in [3.05, 3.63) is 35.9 Å². The van der Waals surface area contributed by atoms with Gasteiger partial charge in [-0.3, -0.25) is 0 Å². The summed E-state index contributed by atoms with van der Waals surface area (Å²) in [5.74, 6) is 0. The van der Waals surface area contributed by atoms with Crippen LogP contribution in [0.3, 0.4) is 0 Å². The smallest absolute Gasteiger partial charge is 0.104 e. The van der Waals surface area contributed by atoms with Gasteiger partial charge in [-0.1, -0.05) is 114 Å². The Balaban J connectivity index is 0.00000161. The fraction of sp³-hybridized carbons (Fsp3) is 0.769. The van der Waals surface area contributed by atoms with E-state index in [1.807, 2.05) is 0 Å². The van der Waals surface area contributed by atoms with Gasteiger partial charge in [-0.2, -0.15) is 0 Å². The van der Waals surface area contributed by atoms with Crippen LogP contribution in [-0.4, -0.2) is 44.3 Å². The van der Waals surface area contributed by atoms with Crippen molar-refractivity contribution in [2.75, 3.05) is 26.9 Å². The Morgan fingerprint density at radius 1 is 0.710 bits per heavy atom. The van der Waals surface area contributed by atoms with Gasteiger partial charge in [0.2, 0.25) is 0 Å². The molecule has 31 heavy (non-hydrogen) atoms. The normalized spacial score (nSPS) is 11.8. The summed E-state index contributed by atoms with van der Waals surface area (Å²) in [7, 11) is 0.824. The molecule has 0 bridgehead atoms. The molecule has 0 atom stereocenters. The molecule has 5 heteroatoms. The van der Waals surface area contributed by atoms with E-state index in [1.54, 1.807) is 0 Å². The highest BCUT2D eigenvalue weighted by Gasteiger charge is 2.14. The Labute approximate surface area is 193 Å². The minimum absolute atomic E-state index is 0.604. The van der Waals surface area contributed by atoms with Crippen molar-refractivity contribution in [2.45, 2.75) is 103 Å². The fourth-order valence-corrected chi connectivity index (χ4v) is 3.89. The van der Waals surface area contributed by atoms with Crippen molar-refractivity contribution >= 4 is 10.1 Å². The zero-order valence-electron chi connectivity index (χ0n) is 20.8. The molecule has 182 valence electrons. The number of benzene rings is 1. The van der Waals surface area contributed by atoms with Gasteiger partial charge in [0.1, 0.15) is 6.54 Å². The van der Waals surface area contributed by atoms with Gasteiger partial charge in [-0.05, 0) is 12.8 Å². The monoisotopic (exact) mass is 455 g/mol. The van der Waals surface area contributed by atoms with Crippen LogP contribution in [0.4, 0.5) is 0 Å². The van der Waals surface area contributed by atoms with E-state index in [0.717, 1.165) is 11.0 Å². The van der Waals surface area contributed by atoms with Crippen molar-refractivity contribution < 1.29 is 17.5 Å². The Morgan fingerprint density at radius 3 is 1.45 bits per heavy atom. The molecule has 0 N–H and O–H groups in total. The molecule has 0 unspecified atom stereocenters. The van der Waals surface area contributed by atoms with E-state index >= 15 is 0 Å². The first kappa shape index (κ1) is 30.1. The molecule has 1 rings (SSSR count). The largest absolute Gasteiger partial charge is 0.748 e. The summed E-state index contributed by atoms with van der Waals surface area (Å²) in [5.41, 5.74) is 1.46. The molecule has 0 saturated heterocycles. The third-order valence-corrected chi connectivity index (χ3v) is 5.57. The first-order valence-electron chi connectivity index (χ1n) is 12.4. The predicted octanol–water partition coefficient (Wildman–Crippen LogP) is 6.91. The van der Waals surface area contributed by atoms with Gasteiger partial charge in [-0.15, -0.1) is 0 Å². The first-order valence-corrected chi connectivity index (χ1v) is 14.2. The van der Waals surface area contributed by atoms with Crippen molar-refractivity contribution in [3.8, 4) is 0 Å². The van der Waals surface area contributed by atoms with Gasteiger partial charge >= 0.3 is 0 Å². The number of nitrogens with zero attached hydrogens (tertiary/aromatic N) is 1. The molecule has 0 spiro atoms. The van der Waals surface area contributed by atoms with Gasteiger partial charge in [0, 0.05) is 11.8 Å². The van der Waals surface area contributed by atoms with Crippen LogP contribution in [-0.2, 0) is 16.7 Å². The van der Waals surface area contributed by atoms with Crippen LogP contribution in [0.5, 0.6) is 0 Å². The average Bonchev–Trinajstić information content (AvgIpc) is 2.67. The number of unbranched alkanes of at least 4 members (excludes halogenated alkanes) is 13. The highest BCUT2D eigenvalue weighted by Crippen LogP contribution is 2.15. The van der Waals surface area contributed by atoms with Gasteiger partial charge in [0.15, 0.2) is 0 Å². The van der Waals surface area contributed by atoms with Crippen LogP contribution in [0.25, 0.3) is 0 Å². The molecule has 0 amide bonds. The van der Waals surface area contributed by atoms with E-state index in [0.29, 0.717) is 6.26 Å². The number of hydrogen-bond acceptors (Lipinski definition) is 3. The molecule has 0 aromatic heterocycles.